The largest absolute Gasteiger partial charge is 0.495 e. The van der Waals surface area contributed by atoms with E-state index in [2.05, 4.69) is 17.0 Å². The van der Waals surface area contributed by atoms with Crippen molar-refractivity contribution in [3.63, 3.8) is 0 Å². The van der Waals surface area contributed by atoms with E-state index >= 15 is 0 Å². The van der Waals surface area contributed by atoms with Crippen molar-refractivity contribution in [2.45, 2.75) is 5.25 Å². The van der Waals surface area contributed by atoms with Crippen molar-refractivity contribution < 1.29 is 4.74 Å². The molecule has 88 valence electrons. The van der Waals surface area contributed by atoms with E-state index in [1.54, 1.807) is 7.11 Å². The van der Waals surface area contributed by atoms with E-state index in [1.165, 1.54) is 5.69 Å². The van der Waals surface area contributed by atoms with Crippen LogP contribution in [-0.2, 0) is 0 Å². The number of methoxy groups -OCH3 is 1. The van der Waals surface area contributed by atoms with Crippen molar-refractivity contribution in [3.8, 4) is 5.75 Å². The molecule has 16 heavy (non-hydrogen) atoms. The molecule has 1 heterocycles. The molecule has 0 radical (unpaired) electrons. The molecule has 1 fully saturated rings. The van der Waals surface area contributed by atoms with Gasteiger partial charge in [0.1, 0.15) is 5.75 Å². The maximum absolute atomic E-state index is 5.74. The van der Waals surface area contributed by atoms with Crippen LogP contribution in [0.25, 0.3) is 0 Å². The topological polar surface area (TPSA) is 38.5 Å². The van der Waals surface area contributed by atoms with E-state index < -0.39 is 0 Å². The molecular formula is C12H18N2OS. The van der Waals surface area contributed by atoms with Crippen LogP contribution < -0.4 is 15.4 Å². The summed E-state index contributed by atoms with van der Waals surface area (Å²) in [6, 6.07) is 8.18. The summed E-state index contributed by atoms with van der Waals surface area (Å²) in [5, 5.41) is 0.540. The highest BCUT2D eigenvalue weighted by atomic mass is 32.2. The lowest BCUT2D eigenvalue weighted by molar-refractivity contribution is 0.414. The molecule has 0 bridgehead atoms. The first-order valence-electron chi connectivity index (χ1n) is 5.54. The molecule has 0 amide bonds. The first-order chi connectivity index (χ1) is 7.85. The Hall–Kier alpha value is -0.870. The third-order valence-electron chi connectivity index (χ3n) is 2.83. The van der Waals surface area contributed by atoms with Crippen molar-refractivity contribution >= 4 is 17.4 Å². The van der Waals surface area contributed by atoms with Crippen LogP contribution in [0.5, 0.6) is 5.75 Å². The molecule has 1 aliphatic rings. The van der Waals surface area contributed by atoms with Gasteiger partial charge in [0.15, 0.2) is 0 Å². The van der Waals surface area contributed by atoms with E-state index in [0.29, 0.717) is 5.25 Å². The van der Waals surface area contributed by atoms with E-state index in [4.69, 9.17) is 10.5 Å². The number of hydrogen-bond donors (Lipinski definition) is 1. The van der Waals surface area contributed by atoms with E-state index in [0.717, 1.165) is 31.1 Å². The number of nitrogens with zero attached hydrogens (tertiary/aromatic N) is 1. The van der Waals surface area contributed by atoms with Gasteiger partial charge in [-0.15, -0.1) is 0 Å². The third-order valence-corrected chi connectivity index (χ3v) is 4.06. The molecule has 1 atom stereocenters. The second kappa shape index (κ2) is 5.46. The fourth-order valence-corrected chi connectivity index (χ4v) is 3.05. The molecule has 2 N–H and O–H groups in total. The maximum Gasteiger partial charge on any atom is 0.142 e. The zero-order valence-corrected chi connectivity index (χ0v) is 10.4. The number of ether oxygens (including phenoxy) is 1. The molecule has 0 saturated carbocycles. The summed E-state index contributed by atoms with van der Waals surface area (Å²) in [6.07, 6.45) is 0. The Kier molecular flexibility index (Phi) is 3.96. The summed E-state index contributed by atoms with van der Waals surface area (Å²) in [7, 11) is 1.72. The Balaban J connectivity index is 2.16. The summed E-state index contributed by atoms with van der Waals surface area (Å²) >= 11 is 1.97. The van der Waals surface area contributed by atoms with Crippen LogP contribution in [0.1, 0.15) is 0 Å². The number of thioether (sulfide) groups is 1. The van der Waals surface area contributed by atoms with Gasteiger partial charge in [-0.1, -0.05) is 12.1 Å². The Morgan fingerprint density at radius 3 is 3.06 bits per heavy atom. The normalized spacial score (nSPS) is 20.9. The highest BCUT2D eigenvalue weighted by Crippen LogP contribution is 2.31. The van der Waals surface area contributed by atoms with Crippen molar-refractivity contribution in [1.29, 1.82) is 0 Å². The number of hydrogen-bond acceptors (Lipinski definition) is 4. The van der Waals surface area contributed by atoms with Gasteiger partial charge in [-0.3, -0.25) is 0 Å². The fourth-order valence-electron chi connectivity index (χ4n) is 1.97. The summed E-state index contributed by atoms with van der Waals surface area (Å²) in [4.78, 5) is 2.37. The number of rotatable bonds is 3. The molecule has 1 saturated heterocycles. The summed E-state index contributed by atoms with van der Waals surface area (Å²) in [5.41, 5.74) is 6.92. The van der Waals surface area contributed by atoms with Crippen LogP contribution in [0, 0.1) is 0 Å². The van der Waals surface area contributed by atoms with Crippen LogP contribution in [0.4, 0.5) is 5.69 Å². The predicted molar refractivity (Wildman–Crippen MR) is 70.5 cm³/mol. The molecule has 0 aromatic heterocycles. The Morgan fingerprint density at radius 2 is 2.31 bits per heavy atom. The summed E-state index contributed by atoms with van der Waals surface area (Å²) < 4.78 is 5.39. The minimum atomic E-state index is 0.540. The minimum Gasteiger partial charge on any atom is -0.495 e. The lowest BCUT2D eigenvalue weighted by Crippen LogP contribution is -2.41. The number of nitrogens with two attached hydrogens (primary N) is 1. The van der Waals surface area contributed by atoms with Gasteiger partial charge < -0.3 is 15.4 Å². The Bertz CT molecular complexity index is 346. The second-order valence-electron chi connectivity index (χ2n) is 3.85. The molecule has 1 unspecified atom stereocenters. The first-order valence-corrected chi connectivity index (χ1v) is 6.59. The van der Waals surface area contributed by atoms with E-state index in [1.807, 2.05) is 23.9 Å². The summed E-state index contributed by atoms with van der Waals surface area (Å²) in [5.74, 6) is 2.09. The Labute approximate surface area is 101 Å². The smallest absolute Gasteiger partial charge is 0.142 e. The average Bonchev–Trinajstić information content (AvgIpc) is 2.38. The van der Waals surface area contributed by atoms with Gasteiger partial charge in [-0.25, -0.2) is 0 Å². The van der Waals surface area contributed by atoms with Crippen LogP contribution in [0.3, 0.4) is 0 Å². The van der Waals surface area contributed by atoms with Crippen LogP contribution >= 0.6 is 11.8 Å². The van der Waals surface area contributed by atoms with Gasteiger partial charge in [-0.05, 0) is 12.1 Å². The first kappa shape index (κ1) is 11.6. The minimum absolute atomic E-state index is 0.540. The lowest BCUT2D eigenvalue weighted by atomic mass is 10.2. The van der Waals surface area contributed by atoms with Crippen LogP contribution in [-0.4, -0.2) is 37.7 Å². The molecule has 1 aliphatic heterocycles. The average molecular weight is 238 g/mol. The summed E-state index contributed by atoms with van der Waals surface area (Å²) in [6.45, 7) is 2.83. The van der Waals surface area contributed by atoms with Gasteiger partial charge in [0, 0.05) is 30.6 Å². The Morgan fingerprint density at radius 1 is 1.50 bits per heavy atom. The second-order valence-corrected chi connectivity index (χ2v) is 5.25. The third kappa shape index (κ3) is 2.44. The number of benzene rings is 1. The van der Waals surface area contributed by atoms with Gasteiger partial charge in [-0.2, -0.15) is 11.8 Å². The van der Waals surface area contributed by atoms with Gasteiger partial charge in [0.25, 0.3) is 0 Å². The maximum atomic E-state index is 5.74. The van der Waals surface area contributed by atoms with Gasteiger partial charge >= 0.3 is 0 Å². The van der Waals surface area contributed by atoms with E-state index in [-0.39, 0.29) is 0 Å². The predicted octanol–water partition coefficient (Wildman–Crippen LogP) is 1.58. The van der Waals surface area contributed by atoms with Crippen LogP contribution in [0.2, 0.25) is 0 Å². The molecule has 4 heteroatoms. The van der Waals surface area contributed by atoms with Crippen molar-refractivity contribution in [2.24, 2.45) is 5.73 Å². The lowest BCUT2D eigenvalue weighted by Gasteiger charge is -2.34. The quantitative estimate of drug-likeness (QED) is 0.867. The van der Waals surface area contributed by atoms with Crippen molar-refractivity contribution in [1.82, 2.24) is 0 Å². The molecule has 0 aliphatic carbocycles. The van der Waals surface area contributed by atoms with Crippen LogP contribution in [0.15, 0.2) is 24.3 Å². The highest BCUT2D eigenvalue weighted by molar-refractivity contribution is 8.00. The standard InChI is InChI=1S/C12H18N2OS/c1-15-12-5-3-2-4-11(12)14-6-7-16-10(8-13)9-14/h2-5,10H,6-9,13H2,1H3. The molecular weight excluding hydrogens is 220 g/mol. The molecule has 1 aromatic rings. The highest BCUT2D eigenvalue weighted by Gasteiger charge is 2.21. The fraction of sp³-hybridized carbons (Fsp3) is 0.500. The van der Waals surface area contributed by atoms with E-state index in [9.17, 15) is 0 Å². The molecule has 3 nitrogen and oxygen atoms in total. The SMILES string of the molecule is COc1ccccc1N1CCSC(CN)C1. The molecule has 2 rings (SSSR count). The van der Waals surface area contributed by atoms with Crippen molar-refractivity contribution in [3.05, 3.63) is 24.3 Å². The monoisotopic (exact) mass is 238 g/mol. The zero-order chi connectivity index (χ0) is 11.4. The van der Waals surface area contributed by atoms with Gasteiger partial charge in [0.2, 0.25) is 0 Å². The van der Waals surface area contributed by atoms with Gasteiger partial charge in [0.05, 0.1) is 12.8 Å². The number of anilines is 1. The number of para-hydroxylation sites is 2. The molecule has 0 spiro atoms. The zero-order valence-electron chi connectivity index (χ0n) is 9.56. The van der Waals surface area contributed by atoms with Crippen molar-refractivity contribution in [2.75, 3.05) is 37.4 Å². The molecule has 1 aromatic carbocycles.